The first-order valence-electron chi connectivity index (χ1n) is 9.86. The highest BCUT2D eigenvalue weighted by Gasteiger charge is 2.45. The molecule has 1 aromatic heterocycles. The molecule has 7 heteroatoms. The van der Waals surface area contributed by atoms with Crippen LogP contribution in [0.1, 0.15) is 29.6 Å². The van der Waals surface area contributed by atoms with Crippen molar-refractivity contribution in [1.82, 2.24) is 19.8 Å². The Morgan fingerprint density at radius 2 is 1.93 bits per heavy atom. The number of aliphatic hydroxyl groups is 1. The van der Waals surface area contributed by atoms with E-state index in [-0.39, 0.29) is 17.4 Å². The Labute approximate surface area is 165 Å². The maximum atomic E-state index is 13.0. The number of likely N-dealkylation sites (tertiary alicyclic amines) is 2. The second kappa shape index (κ2) is 7.85. The summed E-state index contributed by atoms with van der Waals surface area (Å²) in [6, 6.07) is 9.68. The number of benzene rings is 1. The molecule has 28 heavy (non-hydrogen) atoms. The lowest BCUT2D eigenvalue weighted by molar-refractivity contribution is -0.0731. The average molecular weight is 381 g/mol. The predicted molar refractivity (Wildman–Crippen MR) is 107 cm³/mol. The fraction of sp³-hybridized carbons (Fsp3) is 0.476. The largest absolute Gasteiger partial charge is 0.392 e. The maximum absolute atomic E-state index is 13.0. The average Bonchev–Trinajstić information content (AvgIpc) is 2.72. The predicted octanol–water partition coefficient (Wildman–Crippen LogP) is 2.14. The SMILES string of the molecule is CN1CC[C@H](O)[C@@]2(CCCN(C(=O)c3cnc(Nc4ccccc4)nc3)C2)C1. The molecule has 2 aliphatic heterocycles. The summed E-state index contributed by atoms with van der Waals surface area (Å²) >= 11 is 0. The standard InChI is InChI=1S/C21H27N5O2/c1-25-11-8-18(27)21(14-25)9-5-10-26(15-21)19(28)16-12-22-20(23-13-16)24-17-6-3-2-4-7-17/h2-4,6-7,12-13,18,27H,5,8-11,14-15H2,1H3,(H,22,23,24)/t18-,21-/m0/s1. The van der Waals surface area contributed by atoms with Gasteiger partial charge in [0.15, 0.2) is 0 Å². The summed E-state index contributed by atoms with van der Waals surface area (Å²) in [6.45, 7) is 3.03. The summed E-state index contributed by atoms with van der Waals surface area (Å²) in [7, 11) is 2.08. The Bertz CT molecular complexity index is 813. The van der Waals surface area contributed by atoms with E-state index >= 15 is 0 Å². The number of rotatable bonds is 3. The highest BCUT2D eigenvalue weighted by Crippen LogP contribution is 2.38. The Kier molecular flexibility index (Phi) is 5.28. The molecular weight excluding hydrogens is 354 g/mol. The minimum absolute atomic E-state index is 0.0641. The second-order valence-electron chi connectivity index (χ2n) is 8.02. The van der Waals surface area contributed by atoms with Gasteiger partial charge < -0.3 is 20.2 Å². The molecule has 2 fully saturated rings. The van der Waals surface area contributed by atoms with E-state index in [4.69, 9.17) is 0 Å². The van der Waals surface area contributed by atoms with Crippen LogP contribution in [0.25, 0.3) is 0 Å². The van der Waals surface area contributed by atoms with Crippen molar-refractivity contribution in [3.63, 3.8) is 0 Å². The van der Waals surface area contributed by atoms with E-state index in [0.29, 0.717) is 24.6 Å². The Balaban J connectivity index is 1.45. The molecule has 2 aliphatic rings. The molecule has 0 radical (unpaired) electrons. The number of hydrogen-bond acceptors (Lipinski definition) is 6. The monoisotopic (exact) mass is 381 g/mol. The summed E-state index contributed by atoms with van der Waals surface area (Å²) < 4.78 is 0. The zero-order valence-electron chi connectivity index (χ0n) is 16.2. The van der Waals surface area contributed by atoms with E-state index in [0.717, 1.165) is 38.0 Å². The summed E-state index contributed by atoms with van der Waals surface area (Å²) in [5, 5.41) is 13.8. The number of aromatic nitrogens is 2. The lowest BCUT2D eigenvalue weighted by atomic mass is 9.71. The number of hydrogen-bond donors (Lipinski definition) is 2. The van der Waals surface area contributed by atoms with Crippen molar-refractivity contribution in [3.8, 4) is 0 Å². The number of aliphatic hydroxyl groups excluding tert-OH is 1. The van der Waals surface area contributed by atoms with Crippen LogP contribution >= 0.6 is 0 Å². The molecule has 2 atom stereocenters. The van der Waals surface area contributed by atoms with Crippen LogP contribution in [0.3, 0.4) is 0 Å². The topological polar surface area (TPSA) is 81.6 Å². The van der Waals surface area contributed by atoms with Gasteiger partial charge in [0.25, 0.3) is 5.91 Å². The molecule has 3 heterocycles. The molecule has 0 bridgehead atoms. The highest BCUT2D eigenvalue weighted by molar-refractivity contribution is 5.93. The lowest BCUT2D eigenvalue weighted by Crippen LogP contribution is -2.59. The molecule has 4 rings (SSSR count). The van der Waals surface area contributed by atoms with Crippen LogP contribution in [-0.4, -0.2) is 70.1 Å². The third kappa shape index (κ3) is 3.86. The van der Waals surface area contributed by atoms with Gasteiger partial charge in [-0.05, 0) is 38.4 Å². The molecule has 0 saturated carbocycles. The molecule has 0 aliphatic carbocycles. The number of piperidine rings is 2. The van der Waals surface area contributed by atoms with Crippen molar-refractivity contribution in [2.24, 2.45) is 5.41 Å². The van der Waals surface area contributed by atoms with E-state index in [2.05, 4.69) is 27.2 Å². The summed E-state index contributed by atoms with van der Waals surface area (Å²) in [5.74, 6) is 0.396. The minimum atomic E-state index is -0.354. The quantitative estimate of drug-likeness (QED) is 0.848. The van der Waals surface area contributed by atoms with Gasteiger partial charge in [-0.25, -0.2) is 9.97 Å². The Morgan fingerprint density at radius 1 is 1.18 bits per heavy atom. The molecule has 7 nitrogen and oxygen atoms in total. The van der Waals surface area contributed by atoms with Gasteiger partial charge in [-0.2, -0.15) is 0 Å². The Hall–Kier alpha value is -2.51. The first-order valence-corrected chi connectivity index (χ1v) is 9.86. The molecule has 148 valence electrons. The number of nitrogens with one attached hydrogen (secondary N) is 1. The van der Waals surface area contributed by atoms with Gasteiger partial charge >= 0.3 is 0 Å². The molecule has 2 saturated heterocycles. The second-order valence-corrected chi connectivity index (χ2v) is 8.02. The third-order valence-corrected chi connectivity index (χ3v) is 5.90. The summed E-state index contributed by atoms with van der Waals surface area (Å²) in [6.07, 6.45) is 5.43. The van der Waals surface area contributed by atoms with Crippen molar-refractivity contribution in [1.29, 1.82) is 0 Å². The zero-order chi connectivity index (χ0) is 19.6. The lowest BCUT2D eigenvalue weighted by Gasteiger charge is -2.50. The van der Waals surface area contributed by atoms with Crippen LogP contribution in [0.2, 0.25) is 0 Å². The first kappa shape index (κ1) is 18.8. The van der Waals surface area contributed by atoms with Gasteiger partial charge in [0, 0.05) is 49.7 Å². The van der Waals surface area contributed by atoms with Crippen LogP contribution in [0, 0.1) is 5.41 Å². The van der Waals surface area contributed by atoms with E-state index in [9.17, 15) is 9.90 Å². The number of amides is 1. The van der Waals surface area contributed by atoms with Gasteiger partial charge in [0.1, 0.15) is 0 Å². The number of para-hydroxylation sites is 1. The molecule has 2 aromatic rings. The minimum Gasteiger partial charge on any atom is -0.392 e. The number of anilines is 2. The molecule has 2 N–H and O–H groups in total. The smallest absolute Gasteiger partial charge is 0.257 e. The summed E-state index contributed by atoms with van der Waals surface area (Å²) in [4.78, 5) is 25.7. The maximum Gasteiger partial charge on any atom is 0.257 e. The van der Waals surface area contributed by atoms with E-state index in [1.807, 2.05) is 35.2 Å². The van der Waals surface area contributed by atoms with Crippen LogP contribution in [0.4, 0.5) is 11.6 Å². The van der Waals surface area contributed by atoms with E-state index in [1.54, 1.807) is 12.4 Å². The fourth-order valence-corrected chi connectivity index (χ4v) is 4.44. The normalized spacial score (nSPS) is 25.6. The fourth-order valence-electron chi connectivity index (χ4n) is 4.44. The van der Waals surface area contributed by atoms with E-state index < -0.39 is 0 Å². The van der Waals surface area contributed by atoms with Gasteiger partial charge in [-0.15, -0.1) is 0 Å². The van der Waals surface area contributed by atoms with E-state index in [1.165, 1.54) is 0 Å². The molecule has 1 aromatic carbocycles. The molecular formula is C21H27N5O2. The number of nitrogens with zero attached hydrogens (tertiary/aromatic N) is 4. The van der Waals surface area contributed by atoms with Crippen LogP contribution in [-0.2, 0) is 0 Å². The van der Waals surface area contributed by atoms with Gasteiger partial charge in [0.2, 0.25) is 5.95 Å². The molecule has 0 unspecified atom stereocenters. The first-order chi connectivity index (χ1) is 13.6. The van der Waals surface area contributed by atoms with Crippen LogP contribution in [0.5, 0.6) is 0 Å². The summed E-state index contributed by atoms with van der Waals surface area (Å²) in [5.41, 5.74) is 1.15. The van der Waals surface area contributed by atoms with Crippen molar-refractivity contribution < 1.29 is 9.90 Å². The van der Waals surface area contributed by atoms with Crippen molar-refractivity contribution in [3.05, 3.63) is 48.3 Å². The van der Waals surface area contributed by atoms with Gasteiger partial charge in [-0.3, -0.25) is 4.79 Å². The zero-order valence-corrected chi connectivity index (χ0v) is 16.2. The third-order valence-electron chi connectivity index (χ3n) is 5.90. The molecule has 1 amide bonds. The van der Waals surface area contributed by atoms with Crippen molar-refractivity contribution in [2.45, 2.75) is 25.4 Å². The Morgan fingerprint density at radius 3 is 2.68 bits per heavy atom. The highest BCUT2D eigenvalue weighted by atomic mass is 16.3. The number of carbonyl (C=O) groups is 1. The van der Waals surface area contributed by atoms with Gasteiger partial charge in [0.05, 0.1) is 11.7 Å². The van der Waals surface area contributed by atoms with Crippen LogP contribution in [0.15, 0.2) is 42.7 Å². The van der Waals surface area contributed by atoms with Crippen molar-refractivity contribution in [2.75, 3.05) is 38.5 Å². The van der Waals surface area contributed by atoms with Crippen LogP contribution < -0.4 is 5.32 Å². The molecule has 1 spiro atoms. The van der Waals surface area contributed by atoms with Gasteiger partial charge in [-0.1, -0.05) is 18.2 Å². The van der Waals surface area contributed by atoms with Crippen molar-refractivity contribution >= 4 is 17.5 Å². The number of carbonyl (C=O) groups excluding carboxylic acids is 1.